The van der Waals surface area contributed by atoms with Gasteiger partial charge in [-0.25, -0.2) is 8.42 Å². The standard InChI is InChI=1S/C16H14O5S/c17-11-14-16(21-14,15(18)12-7-3-1-4-8-12)22(19,20)13-9-5-2-6-10-13/h1-10,14,17H,11H2/t14-,16+/m1/s1. The van der Waals surface area contributed by atoms with E-state index in [1.54, 1.807) is 36.4 Å². The monoisotopic (exact) mass is 318 g/mol. The van der Waals surface area contributed by atoms with E-state index < -0.39 is 33.3 Å². The van der Waals surface area contributed by atoms with E-state index >= 15 is 0 Å². The van der Waals surface area contributed by atoms with E-state index in [1.165, 1.54) is 24.3 Å². The van der Waals surface area contributed by atoms with Crippen LogP contribution >= 0.6 is 0 Å². The maximum absolute atomic E-state index is 12.8. The van der Waals surface area contributed by atoms with Gasteiger partial charge in [-0.3, -0.25) is 4.79 Å². The lowest BCUT2D eigenvalue weighted by atomic mass is 10.1. The number of hydrogen-bond acceptors (Lipinski definition) is 5. The Labute approximate surface area is 128 Å². The van der Waals surface area contributed by atoms with Crippen molar-refractivity contribution in [3.63, 3.8) is 0 Å². The van der Waals surface area contributed by atoms with Crippen LogP contribution in [0.1, 0.15) is 10.4 Å². The summed E-state index contributed by atoms with van der Waals surface area (Å²) >= 11 is 0. The summed E-state index contributed by atoms with van der Waals surface area (Å²) in [6, 6.07) is 15.7. The van der Waals surface area contributed by atoms with Crippen molar-refractivity contribution in [2.75, 3.05) is 6.61 Å². The number of hydrogen-bond donors (Lipinski definition) is 1. The van der Waals surface area contributed by atoms with Crippen LogP contribution in [0.15, 0.2) is 65.6 Å². The molecule has 0 bridgehead atoms. The Kier molecular flexibility index (Phi) is 3.60. The highest BCUT2D eigenvalue weighted by Gasteiger charge is 2.71. The lowest BCUT2D eigenvalue weighted by Gasteiger charge is -2.13. The Hall–Kier alpha value is -2.02. The number of aliphatic hydroxyl groups is 1. The highest BCUT2D eigenvalue weighted by atomic mass is 32.2. The van der Waals surface area contributed by atoms with Gasteiger partial charge in [0.1, 0.15) is 6.10 Å². The lowest BCUT2D eigenvalue weighted by molar-refractivity contribution is 0.0930. The highest BCUT2D eigenvalue weighted by Crippen LogP contribution is 2.47. The van der Waals surface area contributed by atoms with Crippen LogP contribution in [0.2, 0.25) is 0 Å². The van der Waals surface area contributed by atoms with E-state index in [0.717, 1.165) is 0 Å². The van der Waals surface area contributed by atoms with Crippen molar-refractivity contribution in [3.8, 4) is 0 Å². The Morgan fingerprint density at radius 2 is 1.59 bits per heavy atom. The smallest absolute Gasteiger partial charge is 0.265 e. The number of sulfone groups is 1. The molecule has 22 heavy (non-hydrogen) atoms. The van der Waals surface area contributed by atoms with Crippen LogP contribution in [-0.2, 0) is 14.6 Å². The first-order valence-corrected chi connectivity index (χ1v) is 8.20. The van der Waals surface area contributed by atoms with Gasteiger partial charge in [0.25, 0.3) is 4.93 Å². The zero-order valence-corrected chi connectivity index (χ0v) is 12.4. The van der Waals surface area contributed by atoms with Crippen LogP contribution in [0.4, 0.5) is 0 Å². The second-order valence-corrected chi connectivity index (χ2v) is 7.05. The number of Topliss-reactive ketones (excluding diaryl/α,β-unsaturated/α-hetero) is 1. The summed E-state index contributed by atoms with van der Waals surface area (Å²) in [7, 11) is -4.07. The number of benzene rings is 2. The molecule has 6 heteroatoms. The van der Waals surface area contributed by atoms with Crippen molar-refractivity contribution in [3.05, 3.63) is 66.2 Å². The summed E-state index contributed by atoms with van der Waals surface area (Å²) in [5.41, 5.74) is 0.234. The zero-order valence-electron chi connectivity index (χ0n) is 11.5. The summed E-state index contributed by atoms with van der Waals surface area (Å²) in [4.78, 5) is 10.7. The van der Waals surface area contributed by atoms with Gasteiger partial charge in [-0.1, -0.05) is 48.5 Å². The quantitative estimate of drug-likeness (QED) is 0.666. The molecule has 1 heterocycles. The number of epoxide rings is 1. The van der Waals surface area contributed by atoms with Gasteiger partial charge in [0.05, 0.1) is 11.5 Å². The molecule has 2 aromatic carbocycles. The zero-order chi connectivity index (χ0) is 15.8. The third kappa shape index (κ3) is 2.08. The average Bonchev–Trinajstić information content (AvgIpc) is 3.32. The molecule has 1 fully saturated rings. The molecule has 1 N–H and O–H groups in total. The van der Waals surface area contributed by atoms with E-state index in [-0.39, 0.29) is 10.5 Å². The predicted octanol–water partition coefficient (Wildman–Crippen LogP) is 1.43. The van der Waals surface area contributed by atoms with Crippen molar-refractivity contribution in [1.29, 1.82) is 0 Å². The fourth-order valence-electron chi connectivity index (χ4n) is 2.46. The van der Waals surface area contributed by atoms with Gasteiger partial charge in [0.2, 0.25) is 15.6 Å². The molecule has 0 radical (unpaired) electrons. The first-order valence-electron chi connectivity index (χ1n) is 6.72. The summed E-state index contributed by atoms with van der Waals surface area (Å²) in [5.74, 6) is -0.656. The lowest BCUT2D eigenvalue weighted by Crippen LogP contribution is -2.37. The number of ketones is 1. The SMILES string of the molecule is O=C(c1ccccc1)[C@]1(S(=O)(=O)c2ccccc2)O[C@@H]1CO. The fraction of sp³-hybridized carbons (Fsp3) is 0.188. The van der Waals surface area contributed by atoms with Gasteiger partial charge < -0.3 is 9.84 Å². The van der Waals surface area contributed by atoms with Gasteiger partial charge in [-0.05, 0) is 12.1 Å². The van der Waals surface area contributed by atoms with Crippen LogP contribution < -0.4 is 0 Å². The summed E-state index contributed by atoms with van der Waals surface area (Å²) < 4.78 is 30.9. The molecule has 1 aliphatic heterocycles. The van der Waals surface area contributed by atoms with Crippen LogP contribution in [0.5, 0.6) is 0 Å². The van der Waals surface area contributed by atoms with Gasteiger partial charge >= 0.3 is 0 Å². The summed E-state index contributed by atoms with van der Waals surface area (Å²) in [6.45, 7) is -0.537. The second kappa shape index (κ2) is 5.31. The molecule has 0 saturated carbocycles. The van der Waals surface area contributed by atoms with E-state index in [9.17, 15) is 18.3 Å². The minimum Gasteiger partial charge on any atom is -0.393 e. The molecule has 0 aliphatic carbocycles. The molecule has 0 spiro atoms. The van der Waals surface area contributed by atoms with Crippen LogP contribution in [0, 0.1) is 0 Å². The molecule has 5 nitrogen and oxygen atoms in total. The van der Waals surface area contributed by atoms with Gasteiger partial charge in [0.15, 0.2) is 0 Å². The molecule has 114 valence electrons. The van der Waals surface area contributed by atoms with Crippen LogP contribution in [0.3, 0.4) is 0 Å². The number of ether oxygens (including phenoxy) is 1. The third-order valence-corrected chi connectivity index (χ3v) is 5.89. The molecule has 2 aromatic rings. The first kappa shape index (κ1) is 14.9. The topological polar surface area (TPSA) is 84.0 Å². The van der Waals surface area contributed by atoms with E-state index in [1.807, 2.05) is 0 Å². The van der Waals surface area contributed by atoms with Crippen LogP contribution in [-0.4, -0.2) is 37.0 Å². The predicted molar refractivity (Wildman–Crippen MR) is 79.1 cm³/mol. The molecule has 2 atom stereocenters. The van der Waals surface area contributed by atoms with Gasteiger partial charge in [-0.2, -0.15) is 0 Å². The molecule has 0 aromatic heterocycles. The van der Waals surface area contributed by atoms with Crippen molar-refractivity contribution in [2.24, 2.45) is 0 Å². The maximum Gasteiger partial charge on any atom is 0.265 e. The Morgan fingerprint density at radius 1 is 1.05 bits per heavy atom. The third-order valence-electron chi connectivity index (χ3n) is 3.66. The molecule has 1 saturated heterocycles. The highest BCUT2D eigenvalue weighted by molar-refractivity contribution is 7.93. The Bertz CT molecular complexity index is 786. The fourth-order valence-corrected chi connectivity index (χ4v) is 4.35. The van der Waals surface area contributed by atoms with Gasteiger partial charge in [0, 0.05) is 5.56 Å². The van der Waals surface area contributed by atoms with Crippen molar-refractivity contribution in [2.45, 2.75) is 15.9 Å². The minimum absolute atomic E-state index is 0.00442. The largest absolute Gasteiger partial charge is 0.393 e. The maximum atomic E-state index is 12.8. The van der Waals surface area contributed by atoms with E-state index in [0.29, 0.717) is 0 Å². The molecular weight excluding hydrogens is 304 g/mol. The minimum atomic E-state index is -4.07. The second-order valence-electron chi connectivity index (χ2n) is 4.97. The normalized spacial score (nSPS) is 24.0. The first-order chi connectivity index (χ1) is 10.5. The summed E-state index contributed by atoms with van der Waals surface area (Å²) in [5, 5.41) is 9.31. The Morgan fingerprint density at radius 3 is 2.09 bits per heavy atom. The summed E-state index contributed by atoms with van der Waals surface area (Å²) in [6.07, 6.45) is -1.05. The number of rotatable bonds is 5. The van der Waals surface area contributed by atoms with Crippen LogP contribution in [0.25, 0.3) is 0 Å². The van der Waals surface area contributed by atoms with E-state index in [4.69, 9.17) is 4.74 Å². The Balaban J connectivity index is 2.10. The molecule has 0 unspecified atom stereocenters. The molecular formula is C16H14O5S. The number of carbonyl (C=O) groups excluding carboxylic acids is 1. The average molecular weight is 318 g/mol. The van der Waals surface area contributed by atoms with Gasteiger partial charge in [-0.15, -0.1) is 0 Å². The molecule has 3 rings (SSSR count). The molecule has 0 amide bonds. The van der Waals surface area contributed by atoms with Crippen molar-refractivity contribution < 1.29 is 23.1 Å². The van der Waals surface area contributed by atoms with Crippen molar-refractivity contribution in [1.82, 2.24) is 0 Å². The number of aliphatic hydroxyl groups excluding tert-OH is 1. The number of carbonyl (C=O) groups is 1. The molecule has 1 aliphatic rings. The van der Waals surface area contributed by atoms with E-state index in [2.05, 4.69) is 0 Å². The van der Waals surface area contributed by atoms with Crippen molar-refractivity contribution >= 4 is 15.6 Å².